The van der Waals surface area contributed by atoms with Crippen LogP contribution in [0.2, 0.25) is 0 Å². The molecule has 4 aromatic rings. The van der Waals surface area contributed by atoms with Gasteiger partial charge in [0.15, 0.2) is 0 Å². The first-order valence-corrected chi connectivity index (χ1v) is 12.4. The van der Waals surface area contributed by atoms with Crippen LogP contribution < -0.4 is 15.5 Å². The molecule has 0 saturated carbocycles. The highest BCUT2D eigenvalue weighted by Gasteiger charge is 2.16. The van der Waals surface area contributed by atoms with E-state index in [1.807, 2.05) is 41.8 Å². The number of amides is 1. The summed E-state index contributed by atoms with van der Waals surface area (Å²) in [6, 6.07) is 16.2. The van der Waals surface area contributed by atoms with E-state index in [4.69, 9.17) is 4.74 Å². The summed E-state index contributed by atoms with van der Waals surface area (Å²) in [5.41, 5.74) is 4.75. The number of ether oxygens (including phenoxy) is 1. The average Bonchev–Trinajstić information content (AvgIpc) is 3.53. The Morgan fingerprint density at radius 3 is 2.76 bits per heavy atom. The van der Waals surface area contributed by atoms with Gasteiger partial charge in [-0.05, 0) is 23.8 Å². The summed E-state index contributed by atoms with van der Waals surface area (Å²) in [6.07, 6.45) is 0.762. The molecule has 2 aromatic carbocycles. The second-order valence-electron chi connectivity index (χ2n) is 8.16. The van der Waals surface area contributed by atoms with Gasteiger partial charge in [0.2, 0.25) is 0 Å². The number of benzene rings is 2. The van der Waals surface area contributed by atoms with E-state index in [0.717, 1.165) is 72.4 Å². The number of aromatic nitrogens is 3. The van der Waals surface area contributed by atoms with Gasteiger partial charge in [-0.2, -0.15) is 0 Å². The molecule has 5 rings (SSSR count). The number of anilines is 1. The topological polar surface area (TPSA) is 95.2 Å². The number of imidazole rings is 1. The van der Waals surface area contributed by atoms with Crippen LogP contribution in [-0.4, -0.2) is 53.7 Å². The van der Waals surface area contributed by atoms with Crippen molar-refractivity contribution in [2.75, 3.05) is 37.7 Å². The van der Waals surface area contributed by atoms with Crippen LogP contribution in [0.4, 0.5) is 5.69 Å². The standard InChI is InChI=1S/C25H28N6O2S/c32-25(27-15-18-5-1-4-8-22(18)31-11-13-33-14-12-31)21-17-34-24(30-21)9-10-26-16-23-28-19-6-2-3-7-20(19)29-23/h1-8,17,26H,9-16H2,(H,27,32)(H,28,29). The number of thiazole rings is 1. The normalized spacial score (nSPS) is 13.9. The lowest BCUT2D eigenvalue weighted by Gasteiger charge is -2.30. The smallest absolute Gasteiger partial charge is 0.271 e. The van der Waals surface area contributed by atoms with Crippen LogP contribution in [0.5, 0.6) is 0 Å². The summed E-state index contributed by atoms with van der Waals surface area (Å²) in [6.45, 7) is 5.09. The number of fused-ring (bicyclic) bond motifs is 1. The second kappa shape index (κ2) is 10.8. The van der Waals surface area contributed by atoms with Crippen molar-refractivity contribution in [2.45, 2.75) is 19.5 Å². The zero-order valence-corrected chi connectivity index (χ0v) is 19.7. The van der Waals surface area contributed by atoms with Crippen LogP contribution in [0, 0.1) is 0 Å². The molecule has 3 heterocycles. The molecule has 0 atom stereocenters. The monoisotopic (exact) mass is 476 g/mol. The molecule has 1 aliphatic heterocycles. The van der Waals surface area contributed by atoms with Crippen molar-refractivity contribution in [1.29, 1.82) is 0 Å². The fraction of sp³-hybridized carbons (Fsp3) is 0.320. The Morgan fingerprint density at radius 1 is 1.06 bits per heavy atom. The molecule has 0 bridgehead atoms. The number of hydrogen-bond donors (Lipinski definition) is 3. The number of para-hydroxylation sites is 3. The number of hydrogen-bond acceptors (Lipinski definition) is 7. The van der Waals surface area contributed by atoms with E-state index in [2.05, 4.69) is 42.6 Å². The number of carbonyl (C=O) groups excluding carboxylic acids is 1. The summed E-state index contributed by atoms with van der Waals surface area (Å²) in [5, 5.41) is 9.19. The van der Waals surface area contributed by atoms with Gasteiger partial charge < -0.3 is 25.3 Å². The largest absolute Gasteiger partial charge is 0.378 e. The number of H-pyrrole nitrogens is 1. The fourth-order valence-electron chi connectivity index (χ4n) is 4.06. The average molecular weight is 477 g/mol. The van der Waals surface area contributed by atoms with Crippen molar-refractivity contribution in [1.82, 2.24) is 25.6 Å². The molecule has 3 N–H and O–H groups in total. The third-order valence-corrected chi connectivity index (χ3v) is 6.72. The zero-order chi connectivity index (χ0) is 23.2. The van der Waals surface area contributed by atoms with Gasteiger partial charge in [0.1, 0.15) is 11.5 Å². The Balaban J connectivity index is 1.10. The molecule has 1 aliphatic rings. The van der Waals surface area contributed by atoms with Gasteiger partial charge in [-0.1, -0.05) is 30.3 Å². The van der Waals surface area contributed by atoms with Gasteiger partial charge in [-0.25, -0.2) is 9.97 Å². The minimum absolute atomic E-state index is 0.144. The van der Waals surface area contributed by atoms with Crippen molar-refractivity contribution in [2.24, 2.45) is 0 Å². The van der Waals surface area contributed by atoms with Crippen LogP contribution in [0.25, 0.3) is 11.0 Å². The van der Waals surface area contributed by atoms with Gasteiger partial charge in [-0.15, -0.1) is 11.3 Å². The summed E-state index contributed by atoms with van der Waals surface area (Å²) >= 11 is 1.52. The zero-order valence-electron chi connectivity index (χ0n) is 18.9. The van der Waals surface area contributed by atoms with E-state index in [1.54, 1.807) is 0 Å². The Morgan fingerprint density at radius 2 is 1.88 bits per heavy atom. The molecule has 1 amide bonds. The molecule has 8 nitrogen and oxygen atoms in total. The van der Waals surface area contributed by atoms with Gasteiger partial charge in [0, 0.05) is 43.7 Å². The predicted octanol–water partition coefficient (Wildman–Crippen LogP) is 3.12. The summed E-state index contributed by atoms with van der Waals surface area (Å²) in [4.78, 5) is 27.4. The van der Waals surface area contributed by atoms with Gasteiger partial charge in [0.25, 0.3) is 5.91 Å². The predicted molar refractivity (Wildman–Crippen MR) is 134 cm³/mol. The van der Waals surface area contributed by atoms with E-state index >= 15 is 0 Å². The number of rotatable bonds is 9. The molecule has 1 fully saturated rings. The van der Waals surface area contributed by atoms with E-state index in [0.29, 0.717) is 18.8 Å². The van der Waals surface area contributed by atoms with Crippen LogP contribution in [-0.2, 0) is 24.2 Å². The van der Waals surface area contributed by atoms with Crippen molar-refractivity contribution < 1.29 is 9.53 Å². The molecule has 0 radical (unpaired) electrons. The first-order chi connectivity index (χ1) is 16.8. The molecule has 0 unspecified atom stereocenters. The minimum Gasteiger partial charge on any atom is -0.378 e. The molecule has 9 heteroatoms. The number of aromatic amines is 1. The first-order valence-electron chi connectivity index (χ1n) is 11.5. The third-order valence-electron chi connectivity index (χ3n) is 5.81. The summed E-state index contributed by atoms with van der Waals surface area (Å²) < 4.78 is 5.46. The molecular formula is C25H28N6O2S. The van der Waals surface area contributed by atoms with Gasteiger partial charge in [0.05, 0.1) is 35.8 Å². The molecule has 176 valence electrons. The molecule has 34 heavy (non-hydrogen) atoms. The van der Waals surface area contributed by atoms with E-state index in [1.165, 1.54) is 11.3 Å². The fourth-order valence-corrected chi connectivity index (χ4v) is 4.84. The maximum atomic E-state index is 12.7. The molecule has 0 spiro atoms. The highest BCUT2D eigenvalue weighted by molar-refractivity contribution is 7.09. The third kappa shape index (κ3) is 5.44. The lowest BCUT2D eigenvalue weighted by Crippen LogP contribution is -2.37. The Labute approximate surface area is 202 Å². The minimum atomic E-state index is -0.144. The van der Waals surface area contributed by atoms with Crippen molar-refractivity contribution in [3.63, 3.8) is 0 Å². The van der Waals surface area contributed by atoms with E-state index in [9.17, 15) is 4.79 Å². The van der Waals surface area contributed by atoms with E-state index < -0.39 is 0 Å². The van der Waals surface area contributed by atoms with Crippen molar-refractivity contribution in [3.8, 4) is 0 Å². The van der Waals surface area contributed by atoms with Crippen LogP contribution in [0.1, 0.15) is 26.9 Å². The second-order valence-corrected chi connectivity index (χ2v) is 9.11. The van der Waals surface area contributed by atoms with Crippen molar-refractivity contribution in [3.05, 3.63) is 76.0 Å². The highest BCUT2D eigenvalue weighted by Crippen LogP contribution is 2.21. The van der Waals surface area contributed by atoms with Crippen LogP contribution in [0.15, 0.2) is 53.9 Å². The Hall–Kier alpha value is -3.27. The van der Waals surface area contributed by atoms with Crippen LogP contribution >= 0.6 is 11.3 Å². The molecule has 2 aromatic heterocycles. The quantitative estimate of drug-likeness (QED) is 0.321. The SMILES string of the molecule is O=C(NCc1ccccc1N1CCOCC1)c1csc(CCNCc2nc3ccccc3[nH]2)n1. The molecule has 0 aliphatic carbocycles. The summed E-state index contributed by atoms with van der Waals surface area (Å²) in [7, 11) is 0. The maximum absolute atomic E-state index is 12.7. The van der Waals surface area contributed by atoms with Gasteiger partial charge in [-0.3, -0.25) is 4.79 Å². The van der Waals surface area contributed by atoms with E-state index in [-0.39, 0.29) is 5.91 Å². The number of nitrogens with zero attached hydrogens (tertiary/aromatic N) is 3. The number of nitrogens with one attached hydrogen (secondary N) is 3. The Bertz CT molecular complexity index is 1210. The Kier molecular flexibility index (Phi) is 7.13. The number of carbonyl (C=O) groups is 1. The lowest BCUT2D eigenvalue weighted by atomic mass is 10.1. The van der Waals surface area contributed by atoms with Crippen molar-refractivity contribution >= 4 is 34.0 Å². The lowest BCUT2D eigenvalue weighted by molar-refractivity contribution is 0.0946. The molecular weight excluding hydrogens is 448 g/mol. The number of morpholine rings is 1. The molecule has 1 saturated heterocycles. The summed E-state index contributed by atoms with van der Waals surface area (Å²) in [5.74, 6) is 0.771. The maximum Gasteiger partial charge on any atom is 0.271 e. The van der Waals surface area contributed by atoms with Crippen LogP contribution in [0.3, 0.4) is 0 Å². The highest BCUT2D eigenvalue weighted by atomic mass is 32.1. The first kappa shape index (κ1) is 22.5. The van der Waals surface area contributed by atoms with Gasteiger partial charge >= 0.3 is 0 Å².